The van der Waals surface area contributed by atoms with Gasteiger partial charge in [-0.1, -0.05) is 0 Å². The highest BCUT2D eigenvalue weighted by Crippen LogP contribution is 2.23. The summed E-state index contributed by atoms with van der Waals surface area (Å²) in [6.07, 6.45) is 0.523. The summed E-state index contributed by atoms with van der Waals surface area (Å²) in [4.78, 5) is 19.6. The second kappa shape index (κ2) is 5.17. The summed E-state index contributed by atoms with van der Waals surface area (Å²) in [5, 5.41) is 12.4. The predicted octanol–water partition coefficient (Wildman–Crippen LogP) is 1.77. The second-order valence-corrected chi connectivity index (χ2v) is 4.68. The van der Waals surface area contributed by atoms with Crippen LogP contribution >= 0.6 is 0 Å². The molecule has 0 fully saturated rings. The molecule has 5 nitrogen and oxygen atoms in total. The maximum Gasteiger partial charge on any atom is 0.354 e. The van der Waals surface area contributed by atoms with E-state index in [1.54, 1.807) is 0 Å². The van der Waals surface area contributed by atoms with Crippen molar-refractivity contribution in [2.75, 3.05) is 6.54 Å². The normalized spacial score (nSPS) is 13.8. The molecule has 0 atom stereocenters. The number of rotatable bonds is 2. The van der Waals surface area contributed by atoms with Crippen molar-refractivity contribution in [1.82, 2.24) is 15.3 Å². The van der Waals surface area contributed by atoms with Crippen molar-refractivity contribution >= 4 is 5.97 Å². The van der Waals surface area contributed by atoms with Gasteiger partial charge < -0.3 is 10.4 Å². The van der Waals surface area contributed by atoms with Gasteiger partial charge in [-0.2, -0.15) is 0 Å². The summed E-state index contributed by atoms with van der Waals surface area (Å²) < 4.78 is 26.3. The Hall–Kier alpha value is -2.41. The molecule has 2 heterocycles. The minimum atomic E-state index is -1.15. The molecule has 7 heteroatoms. The van der Waals surface area contributed by atoms with Gasteiger partial charge in [-0.15, -0.1) is 0 Å². The molecule has 1 aromatic carbocycles. The topological polar surface area (TPSA) is 75.1 Å². The number of carboxylic acids is 1. The van der Waals surface area contributed by atoms with Gasteiger partial charge in [-0.25, -0.2) is 23.5 Å². The summed E-state index contributed by atoms with van der Waals surface area (Å²) in [5.41, 5.74) is 1.33. The number of fused-ring (bicyclic) bond motifs is 1. The minimum absolute atomic E-state index is 0.0775. The predicted molar refractivity (Wildman–Crippen MR) is 69.8 cm³/mol. The molecule has 0 radical (unpaired) electrons. The average molecular weight is 291 g/mol. The number of carbonyl (C=O) groups is 1. The minimum Gasteiger partial charge on any atom is -0.476 e. The molecule has 2 N–H and O–H groups in total. The molecule has 108 valence electrons. The Morgan fingerprint density at radius 1 is 1.24 bits per heavy atom. The fourth-order valence-electron chi connectivity index (χ4n) is 2.30. The van der Waals surface area contributed by atoms with Crippen molar-refractivity contribution in [2.45, 2.75) is 13.0 Å². The average Bonchev–Trinajstić information content (AvgIpc) is 2.48. The Bertz CT molecular complexity index is 734. The summed E-state index contributed by atoms with van der Waals surface area (Å²) >= 11 is 0. The van der Waals surface area contributed by atoms with E-state index in [4.69, 9.17) is 0 Å². The zero-order valence-electron chi connectivity index (χ0n) is 10.9. The van der Waals surface area contributed by atoms with E-state index in [9.17, 15) is 18.7 Å². The summed E-state index contributed by atoms with van der Waals surface area (Å²) in [6.45, 7) is 1.08. The van der Waals surface area contributed by atoms with Gasteiger partial charge in [-0.05, 0) is 31.2 Å². The van der Waals surface area contributed by atoms with Crippen molar-refractivity contribution < 1.29 is 18.7 Å². The van der Waals surface area contributed by atoms with Gasteiger partial charge in [0.1, 0.15) is 0 Å². The Morgan fingerprint density at radius 2 is 2.05 bits per heavy atom. The molecule has 2 aromatic rings. The van der Waals surface area contributed by atoms with Crippen LogP contribution in [0.25, 0.3) is 11.4 Å². The molecule has 1 aromatic heterocycles. The molecule has 0 spiro atoms. The van der Waals surface area contributed by atoms with E-state index in [1.807, 2.05) is 0 Å². The van der Waals surface area contributed by atoms with Gasteiger partial charge in [0, 0.05) is 17.7 Å². The number of benzene rings is 1. The second-order valence-electron chi connectivity index (χ2n) is 4.68. The van der Waals surface area contributed by atoms with E-state index >= 15 is 0 Å². The quantitative estimate of drug-likeness (QED) is 0.882. The largest absolute Gasteiger partial charge is 0.476 e. The van der Waals surface area contributed by atoms with Crippen LogP contribution in [0.1, 0.15) is 21.7 Å². The number of nitrogens with one attached hydrogen (secondary N) is 1. The monoisotopic (exact) mass is 291 g/mol. The van der Waals surface area contributed by atoms with Crippen molar-refractivity contribution in [3.8, 4) is 11.4 Å². The van der Waals surface area contributed by atoms with E-state index in [-0.39, 0.29) is 17.1 Å². The van der Waals surface area contributed by atoms with Crippen molar-refractivity contribution in [2.24, 2.45) is 0 Å². The highest BCUT2D eigenvalue weighted by molar-refractivity contribution is 5.88. The van der Waals surface area contributed by atoms with E-state index in [0.29, 0.717) is 30.8 Å². The van der Waals surface area contributed by atoms with Crippen LogP contribution in [0.5, 0.6) is 0 Å². The molecule has 0 aliphatic carbocycles. The lowest BCUT2D eigenvalue weighted by Gasteiger charge is -2.18. The SMILES string of the molecule is O=C(O)c1nc(-c2ccc(F)c(F)c2)nc2c1CCNC2. The fraction of sp³-hybridized carbons (Fsp3) is 0.214. The standard InChI is InChI=1S/C14H11F2N3O2/c15-9-2-1-7(5-10(9)16)13-18-11-6-17-4-3-8(11)12(19-13)14(20)21/h1-2,5,17H,3-4,6H2,(H,20,21). The van der Waals surface area contributed by atoms with Gasteiger partial charge in [0.25, 0.3) is 0 Å². The molecule has 3 rings (SSSR count). The van der Waals surface area contributed by atoms with Crippen molar-refractivity contribution in [3.05, 3.63) is 46.8 Å². The fourth-order valence-corrected chi connectivity index (χ4v) is 2.30. The number of nitrogens with zero attached hydrogens (tertiary/aromatic N) is 2. The highest BCUT2D eigenvalue weighted by atomic mass is 19.2. The number of aromatic nitrogens is 2. The molecule has 0 saturated carbocycles. The zero-order chi connectivity index (χ0) is 15.0. The van der Waals surface area contributed by atoms with Gasteiger partial charge >= 0.3 is 5.97 Å². The number of carboxylic acid groups (broad SMARTS) is 1. The number of hydrogen-bond donors (Lipinski definition) is 2. The van der Waals surface area contributed by atoms with Crippen molar-refractivity contribution in [1.29, 1.82) is 0 Å². The lowest BCUT2D eigenvalue weighted by Crippen LogP contribution is -2.27. The maximum absolute atomic E-state index is 13.3. The first-order valence-electron chi connectivity index (χ1n) is 6.35. The van der Waals surface area contributed by atoms with E-state index < -0.39 is 17.6 Å². The third-order valence-electron chi connectivity index (χ3n) is 3.32. The Kier molecular flexibility index (Phi) is 3.34. The van der Waals surface area contributed by atoms with Crippen LogP contribution < -0.4 is 5.32 Å². The van der Waals surface area contributed by atoms with Gasteiger partial charge in [-0.3, -0.25) is 0 Å². The molecular formula is C14H11F2N3O2. The summed E-state index contributed by atoms with van der Waals surface area (Å²) in [6, 6.07) is 3.24. The number of aromatic carboxylic acids is 1. The molecule has 1 aliphatic rings. The van der Waals surface area contributed by atoms with Crippen LogP contribution in [0.3, 0.4) is 0 Å². The molecule has 1 aliphatic heterocycles. The van der Waals surface area contributed by atoms with E-state index in [0.717, 1.165) is 12.1 Å². The molecule has 0 amide bonds. The molecule has 0 saturated heterocycles. The van der Waals surface area contributed by atoms with Gasteiger partial charge in [0.15, 0.2) is 23.2 Å². The first-order chi connectivity index (χ1) is 10.1. The summed E-state index contributed by atoms with van der Waals surface area (Å²) in [7, 11) is 0. The van der Waals surface area contributed by atoms with E-state index in [2.05, 4.69) is 15.3 Å². The first kappa shape index (κ1) is 13.6. The van der Waals surface area contributed by atoms with Crippen LogP contribution in [-0.2, 0) is 13.0 Å². The number of hydrogen-bond acceptors (Lipinski definition) is 4. The molecule has 21 heavy (non-hydrogen) atoms. The van der Waals surface area contributed by atoms with Gasteiger partial charge in [0.05, 0.1) is 5.69 Å². The van der Waals surface area contributed by atoms with Crippen LogP contribution in [0.15, 0.2) is 18.2 Å². The first-order valence-corrected chi connectivity index (χ1v) is 6.35. The zero-order valence-corrected chi connectivity index (χ0v) is 10.9. The lowest BCUT2D eigenvalue weighted by molar-refractivity contribution is 0.0688. The smallest absolute Gasteiger partial charge is 0.354 e. The molecule has 0 unspecified atom stereocenters. The van der Waals surface area contributed by atoms with Crippen LogP contribution in [-0.4, -0.2) is 27.6 Å². The molecule has 0 bridgehead atoms. The number of halogens is 2. The van der Waals surface area contributed by atoms with Crippen LogP contribution in [0.4, 0.5) is 8.78 Å². The van der Waals surface area contributed by atoms with Crippen LogP contribution in [0, 0.1) is 11.6 Å². The third-order valence-corrected chi connectivity index (χ3v) is 3.32. The van der Waals surface area contributed by atoms with Gasteiger partial charge in [0.2, 0.25) is 0 Å². The lowest BCUT2D eigenvalue weighted by atomic mass is 10.0. The Morgan fingerprint density at radius 3 is 2.76 bits per heavy atom. The maximum atomic E-state index is 13.3. The summed E-state index contributed by atoms with van der Waals surface area (Å²) in [5.74, 6) is -3.08. The van der Waals surface area contributed by atoms with Crippen molar-refractivity contribution in [3.63, 3.8) is 0 Å². The Labute approximate surface area is 118 Å². The molecular weight excluding hydrogens is 280 g/mol. The van der Waals surface area contributed by atoms with Crippen LogP contribution in [0.2, 0.25) is 0 Å². The Balaban J connectivity index is 2.16. The third kappa shape index (κ3) is 2.47. The van der Waals surface area contributed by atoms with E-state index in [1.165, 1.54) is 6.07 Å². The highest BCUT2D eigenvalue weighted by Gasteiger charge is 2.22.